The fourth-order valence-corrected chi connectivity index (χ4v) is 2.24. The quantitative estimate of drug-likeness (QED) is 0.685. The summed E-state index contributed by atoms with van der Waals surface area (Å²) in [5, 5.41) is 0.613. The molecule has 1 amide bonds. The molecule has 0 aromatic heterocycles. The second kappa shape index (κ2) is 8.07. The number of amides is 1. The minimum atomic E-state index is 0.00435. The average Bonchev–Trinajstić information content (AvgIpc) is 2.41. The molecule has 0 bridgehead atoms. The van der Waals surface area contributed by atoms with E-state index in [9.17, 15) is 4.79 Å². The minimum absolute atomic E-state index is 0.00435. The van der Waals surface area contributed by atoms with Gasteiger partial charge in [0.05, 0.1) is 11.6 Å². The molecule has 0 N–H and O–H groups in total. The third-order valence-corrected chi connectivity index (χ3v) is 4.66. The van der Waals surface area contributed by atoms with Crippen LogP contribution in [0.1, 0.15) is 30.6 Å². The largest absolute Gasteiger partial charge is 0.383 e. The molecule has 0 radical (unpaired) electrons. The van der Waals surface area contributed by atoms with Gasteiger partial charge in [0, 0.05) is 28.8 Å². The maximum atomic E-state index is 12.5. The number of ether oxygens (including phenoxy) is 1. The van der Waals surface area contributed by atoms with Crippen molar-refractivity contribution in [2.45, 2.75) is 26.3 Å². The molecule has 106 valence electrons. The zero-order valence-corrected chi connectivity index (χ0v) is 14.4. The van der Waals surface area contributed by atoms with Crippen molar-refractivity contribution < 1.29 is 9.53 Å². The lowest BCUT2D eigenvalue weighted by molar-refractivity contribution is 0.0614. The van der Waals surface area contributed by atoms with Crippen LogP contribution in [0.25, 0.3) is 0 Å². The van der Waals surface area contributed by atoms with Crippen LogP contribution < -0.4 is 0 Å². The summed E-state index contributed by atoms with van der Waals surface area (Å²) in [6.45, 7) is 5.24. The second-order valence-electron chi connectivity index (χ2n) is 4.38. The first-order valence-corrected chi connectivity index (χ1v) is 7.71. The Bertz CT molecular complexity index is 439. The third-order valence-electron chi connectivity index (χ3n) is 3.09. The Morgan fingerprint density at radius 2 is 2.21 bits per heavy atom. The number of rotatable bonds is 6. The van der Waals surface area contributed by atoms with Crippen molar-refractivity contribution in [1.82, 2.24) is 4.90 Å². The molecule has 0 fully saturated rings. The van der Waals surface area contributed by atoms with Gasteiger partial charge in [-0.25, -0.2) is 0 Å². The molecule has 1 aromatic rings. The maximum absolute atomic E-state index is 12.5. The highest BCUT2D eigenvalue weighted by molar-refractivity contribution is 14.1. The van der Waals surface area contributed by atoms with E-state index < -0.39 is 0 Å². The number of carbonyl (C=O) groups is 1. The van der Waals surface area contributed by atoms with Crippen molar-refractivity contribution in [2.24, 2.45) is 0 Å². The van der Waals surface area contributed by atoms with Crippen molar-refractivity contribution in [3.8, 4) is 0 Å². The van der Waals surface area contributed by atoms with Crippen LogP contribution in [0.4, 0.5) is 0 Å². The van der Waals surface area contributed by atoms with Gasteiger partial charge >= 0.3 is 0 Å². The zero-order chi connectivity index (χ0) is 14.4. The van der Waals surface area contributed by atoms with Gasteiger partial charge < -0.3 is 9.64 Å². The van der Waals surface area contributed by atoms with Crippen molar-refractivity contribution in [1.29, 1.82) is 0 Å². The second-order valence-corrected chi connectivity index (χ2v) is 5.95. The normalized spacial score (nSPS) is 12.3. The van der Waals surface area contributed by atoms with Crippen molar-refractivity contribution in [3.05, 3.63) is 32.4 Å². The predicted molar refractivity (Wildman–Crippen MR) is 86.8 cm³/mol. The van der Waals surface area contributed by atoms with Gasteiger partial charge in [-0.3, -0.25) is 4.79 Å². The molecule has 1 rings (SSSR count). The van der Waals surface area contributed by atoms with E-state index in [-0.39, 0.29) is 11.9 Å². The highest BCUT2D eigenvalue weighted by Crippen LogP contribution is 2.21. The van der Waals surface area contributed by atoms with Gasteiger partial charge in [0.2, 0.25) is 0 Å². The smallest absolute Gasteiger partial charge is 0.254 e. The first kappa shape index (κ1) is 16.7. The molecule has 5 heteroatoms. The Balaban J connectivity index is 2.94. The molecular formula is C14H19ClINO2. The third kappa shape index (κ3) is 4.61. The summed E-state index contributed by atoms with van der Waals surface area (Å²) in [4.78, 5) is 14.4. The van der Waals surface area contributed by atoms with Crippen molar-refractivity contribution >= 4 is 40.1 Å². The van der Waals surface area contributed by atoms with E-state index >= 15 is 0 Å². The molecule has 1 unspecified atom stereocenters. The standard InChI is InChI=1S/C14H19ClINO2/c1-4-10(2)17(7-8-19-3)14(18)11-5-6-13(16)12(15)9-11/h5-6,9-10H,4,7-8H2,1-3H3. The monoisotopic (exact) mass is 395 g/mol. The molecule has 0 aliphatic rings. The Morgan fingerprint density at radius 1 is 1.53 bits per heavy atom. The topological polar surface area (TPSA) is 29.5 Å². The molecule has 0 aliphatic heterocycles. The molecular weight excluding hydrogens is 377 g/mol. The number of benzene rings is 1. The fourth-order valence-electron chi connectivity index (χ4n) is 1.73. The molecule has 1 atom stereocenters. The summed E-state index contributed by atoms with van der Waals surface area (Å²) in [6.07, 6.45) is 0.910. The van der Waals surface area contributed by atoms with E-state index in [0.29, 0.717) is 23.7 Å². The molecule has 0 spiro atoms. The van der Waals surface area contributed by atoms with Crippen molar-refractivity contribution in [2.75, 3.05) is 20.3 Å². The van der Waals surface area contributed by atoms with Gasteiger partial charge in [0.25, 0.3) is 5.91 Å². The lowest BCUT2D eigenvalue weighted by Crippen LogP contribution is -2.40. The van der Waals surface area contributed by atoms with Crippen molar-refractivity contribution in [3.63, 3.8) is 0 Å². The van der Waals surface area contributed by atoms with Gasteiger partial charge in [-0.15, -0.1) is 0 Å². The minimum Gasteiger partial charge on any atom is -0.383 e. The SMILES string of the molecule is CCC(C)N(CCOC)C(=O)c1ccc(I)c(Cl)c1. The Labute approximate surface area is 133 Å². The van der Waals surface area contributed by atoms with Crippen LogP contribution in [-0.2, 0) is 4.74 Å². The van der Waals surface area contributed by atoms with Gasteiger partial charge in [0.1, 0.15) is 0 Å². The van der Waals surface area contributed by atoms with Gasteiger partial charge in [-0.05, 0) is 54.1 Å². The molecule has 19 heavy (non-hydrogen) atoms. The number of hydrogen-bond donors (Lipinski definition) is 0. The summed E-state index contributed by atoms with van der Waals surface area (Å²) in [7, 11) is 1.64. The van der Waals surface area contributed by atoms with E-state index in [2.05, 4.69) is 29.5 Å². The van der Waals surface area contributed by atoms with Crippen LogP contribution in [-0.4, -0.2) is 37.1 Å². The Kier molecular flexibility index (Phi) is 7.10. The van der Waals surface area contributed by atoms with Gasteiger partial charge in [-0.1, -0.05) is 18.5 Å². The Hall–Kier alpha value is -0.330. The number of halogens is 2. The van der Waals surface area contributed by atoms with Crippen LogP contribution in [0, 0.1) is 3.57 Å². The van der Waals surface area contributed by atoms with Crippen LogP contribution in [0.2, 0.25) is 5.02 Å². The lowest BCUT2D eigenvalue weighted by atomic mass is 10.1. The summed E-state index contributed by atoms with van der Waals surface area (Å²) < 4.78 is 6.02. The number of carbonyl (C=O) groups excluding carboxylic acids is 1. The van der Waals surface area contributed by atoms with E-state index in [1.54, 1.807) is 13.2 Å². The molecule has 0 saturated heterocycles. The van der Waals surface area contributed by atoms with Gasteiger partial charge in [0.15, 0.2) is 0 Å². The Morgan fingerprint density at radius 3 is 2.74 bits per heavy atom. The van der Waals surface area contributed by atoms with E-state index in [4.69, 9.17) is 16.3 Å². The average molecular weight is 396 g/mol. The van der Waals surface area contributed by atoms with Crippen LogP contribution >= 0.6 is 34.2 Å². The number of nitrogens with zero attached hydrogens (tertiary/aromatic N) is 1. The lowest BCUT2D eigenvalue weighted by Gasteiger charge is -2.28. The summed E-state index contributed by atoms with van der Waals surface area (Å²) in [5.74, 6) is 0.00435. The predicted octanol–water partition coefficient (Wildman–Crippen LogP) is 3.83. The highest BCUT2D eigenvalue weighted by atomic mass is 127. The van der Waals surface area contributed by atoms with E-state index in [1.165, 1.54) is 0 Å². The summed E-state index contributed by atoms with van der Waals surface area (Å²) in [6, 6.07) is 5.59. The van der Waals surface area contributed by atoms with Crippen LogP contribution in [0.3, 0.4) is 0 Å². The highest BCUT2D eigenvalue weighted by Gasteiger charge is 2.20. The maximum Gasteiger partial charge on any atom is 0.254 e. The fraction of sp³-hybridized carbons (Fsp3) is 0.500. The number of hydrogen-bond acceptors (Lipinski definition) is 2. The molecule has 0 saturated carbocycles. The van der Waals surface area contributed by atoms with E-state index in [0.717, 1.165) is 9.99 Å². The molecule has 3 nitrogen and oxygen atoms in total. The molecule has 0 aliphatic carbocycles. The number of methoxy groups -OCH3 is 1. The summed E-state index contributed by atoms with van der Waals surface area (Å²) in [5.41, 5.74) is 0.627. The molecule has 0 heterocycles. The van der Waals surface area contributed by atoms with E-state index in [1.807, 2.05) is 24.0 Å². The summed E-state index contributed by atoms with van der Waals surface area (Å²) >= 11 is 8.23. The van der Waals surface area contributed by atoms with Crippen LogP contribution in [0.15, 0.2) is 18.2 Å². The van der Waals surface area contributed by atoms with Gasteiger partial charge in [-0.2, -0.15) is 0 Å². The molecule has 1 aromatic carbocycles. The van der Waals surface area contributed by atoms with Crippen LogP contribution in [0.5, 0.6) is 0 Å². The first-order valence-electron chi connectivity index (χ1n) is 6.26. The first-order chi connectivity index (χ1) is 9.01. The zero-order valence-electron chi connectivity index (χ0n) is 11.5.